The van der Waals surface area contributed by atoms with Crippen molar-refractivity contribution in [2.24, 2.45) is 5.92 Å². The number of ether oxygens (including phenoxy) is 2. The SMILES string of the molecule is CCC(C)CCCCCCCCCCCCC(=O)O[C@H](COC(=O)CCC/C=C\C/C=C\C/C=C\C/C=C\CC[C@@H](O)CC)COP(=O)(O)OC[C@@H](O)COP(=O)(O)O. The molecule has 0 bridgehead atoms. The number of aliphatic hydroxyl groups is 2. The Morgan fingerprint density at radius 1 is 0.542 bits per heavy atom. The Kier molecular flexibility index (Phi) is 36.5. The number of aliphatic hydroxyl groups excluding tert-OH is 2. The molecule has 0 saturated heterocycles. The standard InChI is InChI=1S/C43H78O14P2/c1-4-38(3)30-26-22-18-14-12-13-17-21-25-29-33-43(47)57-41(37-56-59(51,52)55-35-40(45)34-54-58(48,49)50)36-53-42(46)32-28-24-20-16-11-9-7-6-8-10-15-19-23-27-31-39(44)5-2/h7-10,16,19-20,23,38-41,44-45H,4-6,11-15,17-18,21-22,24-37H2,1-3H3,(H,51,52)(H2,48,49,50)/b9-7-,10-8-,20-16-,23-19-/t38?,39-,40-,41+/m0/s1. The zero-order valence-corrected chi connectivity index (χ0v) is 37.9. The summed E-state index contributed by atoms with van der Waals surface area (Å²) in [5, 5.41) is 19.3. The van der Waals surface area contributed by atoms with Gasteiger partial charge in [-0.25, -0.2) is 9.13 Å². The summed E-state index contributed by atoms with van der Waals surface area (Å²) >= 11 is 0. The molecule has 5 atom stereocenters. The van der Waals surface area contributed by atoms with E-state index >= 15 is 0 Å². The Labute approximate surface area is 354 Å². The largest absolute Gasteiger partial charge is 0.472 e. The number of carbonyl (C=O) groups excluding carboxylic acids is 2. The Morgan fingerprint density at radius 2 is 1.03 bits per heavy atom. The van der Waals surface area contributed by atoms with Crippen LogP contribution in [0.25, 0.3) is 0 Å². The molecule has 2 unspecified atom stereocenters. The van der Waals surface area contributed by atoms with E-state index < -0.39 is 66.2 Å². The summed E-state index contributed by atoms with van der Waals surface area (Å²) in [6, 6.07) is 0. The van der Waals surface area contributed by atoms with E-state index in [1.54, 1.807) is 0 Å². The van der Waals surface area contributed by atoms with Crippen molar-refractivity contribution >= 4 is 27.6 Å². The van der Waals surface area contributed by atoms with Crippen LogP contribution in [-0.2, 0) is 41.8 Å². The Morgan fingerprint density at radius 3 is 1.59 bits per heavy atom. The van der Waals surface area contributed by atoms with Crippen LogP contribution < -0.4 is 0 Å². The van der Waals surface area contributed by atoms with E-state index in [0.717, 1.165) is 70.1 Å². The van der Waals surface area contributed by atoms with Gasteiger partial charge >= 0.3 is 27.6 Å². The number of unbranched alkanes of at least 4 members (excludes halogenated alkanes) is 10. The molecule has 0 aromatic heterocycles. The van der Waals surface area contributed by atoms with Crippen LogP contribution in [0, 0.1) is 5.92 Å². The maximum atomic E-state index is 12.7. The number of phosphoric ester groups is 2. The first-order valence-electron chi connectivity index (χ1n) is 21.8. The van der Waals surface area contributed by atoms with Gasteiger partial charge in [0.1, 0.15) is 12.7 Å². The van der Waals surface area contributed by atoms with E-state index in [9.17, 15) is 33.8 Å². The van der Waals surface area contributed by atoms with E-state index in [2.05, 4.69) is 59.4 Å². The molecule has 16 heteroatoms. The first-order valence-corrected chi connectivity index (χ1v) is 24.8. The summed E-state index contributed by atoms with van der Waals surface area (Å²) < 4.78 is 47.7. The fourth-order valence-corrected chi connectivity index (χ4v) is 6.69. The lowest BCUT2D eigenvalue weighted by Crippen LogP contribution is -2.30. The highest BCUT2D eigenvalue weighted by atomic mass is 31.2. The Balaban J connectivity index is 4.62. The van der Waals surface area contributed by atoms with E-state index in [0.29, 0.717) is 19.3 Å². The molecule has 0 aromatic carbocycles. The molecule has 0 rings (SSSR count). The van der Waals surface area contributed by atoms with E-state index in [1.165, 1.54) is 44.9 Å². The van der Waals surface area contributed by atoms with Crippen LogP contribution in [0.4, 0.5) is 0 Å². The summed E-state index contributed by atoms with van der Waals surface area (Å²) in [7, 11) is -9.70. The quantitative estimate of drug-likeness (QED) is 0.0168. The zero-order valence-electron chi connectivity index (χ0n) is 36.1. The van der Waals surface area contributed by atoms with Crippen molar-refractivity contribution in [3.63, 3.8) is 0 Å². The van der Waals surface area contributed by atoms with Gasteiger partial charge in [-0.05, 0) is 63.7 Å². The molecule has 5 N–H and O–H groups in total. The van der Waals surface area contributed by atoms with Crippen molar-refractivity contribution in [2.45, 2.75) is 180 Å². The summed E-state index contributed by atoms with van der Waals surface area (Å²) in [6.07, 6.45) is 33.4. The monoisotopic (exact) mass is 880 g/mol. The van der Waals surface area contributed by atoms with E-state index in [1.807, 2.05) is 19.1 Å². The highest BCUT2D eigenvalue weighted by molar-refractivity contribution is 7.47. The molecule has 0 aliphatic rings. The minimum atomic E-state index is -4.87. The lowest BCUT2D eigenvalue weighted by atomic mass is 9.99. The summed E-state index contributed by atoms with van der Waals surface area (Å²) in [6.45, 7) is 3.73. The summed E-state index contributed by atoms with van der Waals surface area (Å²) in [5.41, 5.74) is 0. The van der Waals surface area contributed by atoms with Crippen LogP contribution in [0.1, 0.15) is 162 Å². The van der Waals surface area contributed by atoms with Crippen LogP contribution in [0.15, 0.2) is 48.6 Å². The third-order valence-electron chi connectivity index (χ3n) is 9.41. The van der Waals surface area contributed by atoms with Crippen LogP contribution in [0.2, 0.25) is 0 Å². The molecule has 0 radical (unpaired) electrons. The van der Waals surface area contributed by atoms with E-state index in [-0.39, 0.29) is 18.9 Å². The van der Waals surface area contributed by atoms with Crippen molar-refractivity contribution in [1.29, 1.82) is 0 Å². The average molecular weight is 881 g/mol. The fraction of sp³-hybridized carbons (Fsp3) is 0.767. The summed E-state index contributed by atoms with van der Waals surface area (Å²) in [5.74, 6) is -0.303. The smallest absolute Gasteiger partial charge is 0.462 e. The molecule has 59 heavy (non-hydrogen) atoms. The predicted octanol–water partition coefficient (Wildman–Crippen LogP) is 9.89. The van der Waals surface area contributed by atoms with Gasteiger partial charge in [-0.1, -0.05) is 140 Å². The van der Waals surface area contributed by atoms with Crippen molar-refractivity contribution < 1.29 is 66.7 Å². The number of esters is 2. The second-order valence-corrected chi connectivity index (χ2v) is 17.7. The van der Waals surface area contributed by atoms with Gasteiger partial charge in [-0.3, -0.25) is 23.2 Å². The van der Waals surface area contributed by atoms with Crippen molar-refractivity contribution in [3.05, 3.63) is 48.6 Å². The minimum absolute atomic E-state index is 0.106. The maximum Gasteiger partial charge on any atom is 0.472 e. The van der Waals surface area contributed by atoms with Crippen molar-refractivity contribution in [2.75, 3.05) is 26.4 Å². The third kappa shape index (κ3) is 41.2. The number of hydrogen-bond donors (Lipinski definition) is 5. The van der Waals surface area contributed by atoms with Crippen LogP contribution in [0.3, 0.4) is 0 Å². The predicted molar refractivity (Wildman–Crippen MR) is 231 cm³/mol. The van der Waals surface area contributed by atoms with Gasteiger partial charge in [0.05, 0.1) is 25.9 Å². The number of phosphoric acid groups is 2. The average Bonchev–Trinajstić information content (AvgIpc) is 3.19. The lowest BCUT2D eigenvalue weighted by molar-refractivity contribution is -0.161. The number of hydrogen-bond acceptors (Lipinski definition) is 11. The van der Waals surface area contributed by atoms with Gasteiger partial charge in [0.25, 0.3) is 0 Å². The molecule has 0 amide bonds. The van der Waals surface area contributed by atoms with Gasteiger partial charge in [0, 0.05) is 12.8 Å². The van der Waals surface area contributed by atoms with Crippen LogP contribution >= 0.6 is 15.6 Å². The van der Waals surface area contributed by atoms with Crippen LogP contribution in [-0.4, -0.2) is 81.6 Å². The second kappa shape index (κ2) is 37.8. The molecular weight excluding hydrogens is 802 g/mol. The molecule has 0 heterocycles. The second-order valence-electron chi connectivity index (χ2n) is 15.0. The van der Waals surface area contributed by atoms with Gasteiger partial charge < -0.3 is 34.4 Å². The Bertz CT molecular complexity index is 1260. The third-order valence-corrected chi connectivity index (χ3v) is 10.9. The normalized spacial score (nSPS) is 15.6. The van der Waals surface area contributed by atoms with Gasteiger partial charge in [-0.2, -0.15) is 0 Å². The number of allylic oxidation sites excluding steroid dienone is 8. The topological polar surface area (TPSA) is 216 Å². The molecule has 0 aliphatic carbocycles. The van der Waals surface area contributed by atoms with Crippen molar-refractivity contribution in [3.8, 4) is 0 Å². The maximum absolute atomic E-state index is 12.7. The highest BCUT2D eigenvalue weighted by Gasteiger charge is 2.28. The molecule has 0 spiro atoms. The zero-order chi connectivity index (χ0) is 44.0. The first-order chi connectivity index (χ1) is 28.2. The molecule has 344 valence electrons. The fourth-order valence-electron chi connectivity index (χ4n) is 5.53. The molecule has 0 saturated carbocycles. The number of rotatable bonds is 40. The molecule has 0 aliphatic heterocycles. The molecule has 0 fully saturated rings. The number of carbonyl (C=O) groups is 2. The minimum Gasteiger partial charge on any atom is -0.462 e. The van der Waals surface area contributed by atoms with Gasteiger partial charge in [0.15, 0.2) is 6.10 Å². The van der Waals surface area contributed by atoms with Crippen LogP contribution in [0.5, 0.6) is 0 Å². The van der Waals surface area contributed by atoms with E-state index in [4.69, 9.17) is 23.8 Å². The van der Waals surface area contributed by atoms with Gasteiger partial charge in [-0.15, -0.1) is 0 Å². The molecular formula is C43H78O14P2. The summed E-state index contributed by atoms with van der Waals surface area (Å²) in [4.78, 5) is 52.6. The van der Waals surface area contributed by atoms with Gasteiger partial charge in [0.2, 0.25) is 0 Å². The Hall–Kier alpha value is -1.96. The highest BCUT2D eigenvalue weighted by Crippen LogP contribution is 2.43. The first kappa shape index (κ1) is 57.0. The molecule has 0 aromatic rings. The van der Waals surface area contributed by atoms with Crippen molar-refractivity contribution in [1.82, 2.24) is 0 Å². The lowest BCUT2D eigenvalue weighted by Gasteiger charge is -2.20. The molecule has 14 nitrogen and oxygen atoms in total.